The van der Waals surface area contributed by atoms with E-state index >= 15 is 0 Å². The molecular formula is C22H25N3O4. The average Bonchev–Trinajstić information content (AvgIpc) is 2.70. The second kappa shape index (κ2) is 8.87. The number of fused-ring (bicyclic) bond motifs is 1. The highest BCUT2D eigenvalue weighted by Gasteiger charge is 2.15. The van der Waals surface area contributed by atoms with Crippen LogP contribution in [0.25, 0.3) is 10.9 Å². The molecule has 0 atom stereocenters. The first-order valence-electron chi connectivity index (χ1n) is 9.51. The molecule has 1 N–H and O–H groups in total. The molecule has 7 heteroatoms. The number of rotatable bonds is 7. The zero-order valence-corrected chi connectivity index (χ0v) is 16.9. The van der Waals surface area contributed by atoms with Gasteiger partial charge >= 0.3 is 5.69 Å². The van der Waals surface area contributed by atoms with Crippen molar-refractivity contribution in [2.75, 3.05) is 19.0 Å². The zero-order valence-electron chi connectivity index (χ0n) is 16.9. The van der Waals surface area contributed by atoms with Crippen LogP contribution in [-0.2, 0) is 22.6 Å². The number of amides is 1. The first kappa shape index (κ1) is 20.5. The Bertz CT molecular complexity index is 1160. The van der Waals surface area contributed by atoms with Gasteiger partial charge in [-0.05, 0) is 55.7 Å². The molecule has 0 bridgehead atoms. The van der Waals surface area contributed by atoms with E-state index in [9.17, 15) is 14.4 Å². The molecule has 29 heavy (non-hydrogen) atoms. The molecule has 3 aromatic rings. The molecule has 0 aliphatic carbocycles. The Balaban J connectivity index is 1.96. The number of nitrogens with one attached hydrogen (secondary N) is 1. The number of methoxy groups -OCH3 is 1. The second-order valence-electron chi connectivity index (χ2n) is 7.04. The van der Waals surface area contributed by atoms with E-state index in [1.165, 1.54) is 9.13 Å². The predicted molar refractivity (Wildman–Crippen MR) is 114 cm³/mol. The summed E-state index contributed by atoms with van der Waals surface area (Å²) in [7, 11) is 1.57. The molecule has 0 spiro atoms. The largest absolute Gasteiger partial charge is 0.385 e. The van der Waals surface area contributed by atoms with Gasteiger partial charge in [0, 0.05) is 25.9 Å². The molecule has 0 unspecified atom stereocenters. The molecule has 0 saturated carbocycles. The van der Waals surface area contributed by atoms with E-state index in [2.05, 4.69) is 5.32 Å². The molecule has 152 valence electrons. The molecule has 0 fully saturated rings. The summed E-state index contributed by atoms with van der Waals surface area (Å²) < 4.78 is 7.54. The number of para-hydroxylation sites is 1. The number of aryl methyl sites for hydroxylation is 2. The third kappa shape index (κ3) is 4.46. The van der Waals surface area contributed by atoms with E-state index < -0.39 is 5.69 Å². The number of carbonyl (C=O) groups is 1. The van der Waals surface area contributed by atoms with Crippen molar-refractivity contribution in [3.8, 4) is 0 Å². The highest BCUT2D eigenvalue weighted by Crippen LogP contribution is 2.14. The van der Waals surface area contributed by atoms with E-state index in [0.29, 0.717) is 29.6 Å². The lowest BCUT2D eigenvalue weighted by Crippen LogP contribution is -2.42. The SMILES string of the molecule is COCCCn1c(=O)c2ccccc2n(CC(=O)Nc2ccc(C)c(C)c2)c1=O. The van der Waals surface area contributed by atoms with E-state index in [4.69, 9.17) is 4.74 Å². The highest BCUT2D eigenvalue weighted by atomic mass is 16.5. The zero-order chi connectivity index (χ0) is 21.0. The standard InChI is InChI=1S/C22H25N3O4/c1-15-9-10-17(13-16(15)2)23-20(26)14-25-19-8-5-4-7-18(19)21(27)24(22(25)28)11-6-12-29-3/h4-5,7-10,13H,6,11-12,14H2,1-3H3,(H,23,26). The minimum atomic E-state index is -0.500. The number of benzene rings is 2. The number of ether oxygens (including phenoxy) is 1. The first-order valence-corrected chi connectivity index (χ1v) is 9.51. The lowest BCUT2D eigenvalue weighted by molar-refractivity contribution is -0.116. The van der Waals surface area contributed by atoms with Gasteiger partial charge in [0.05, 0.1) is 10.9 Å². The minimum Gasteiger partial charge on any atom is -0.385 e. The maximum atomic E-state index is 13.0. The van der Waals surface area contributed by atoms with E-state index in [-0.39, 0.29) is 24.6 Å². The van der Waals surface area contributed by atoms with Crippen LogP contribution in [0.5, 0.6) is 0 Å². The molecule has 0 radical (unpaired) electrons. The molecule has 0 aliphatic heterocycles. The number of anilines is 1. The van der Waals surface area contributed by atoms with Crippen LogP contribution in [0.2, 0.25) is 0 Å². The molecule has 1 heterocycles. The monoisotopic (exact) mass is 395 g/mol. The minimum absolute atomic E-state index is 0.184. The maximum Gasteiger partial charge on any atom is 0.331 e. The van der Waals surface area contributed by atoms with Gasteiger partial charge in [-0.1, -0.05) is 18.2 Å². The van der Waals surface area contributed by atoms with Gasteiger partial charge in [-0.25, -0.2) is 4.79 Å². The van der Waals surface area contributed by atoms with Crippen molar-refractivity contribution >= 4 is 22.5 Å². The molecule has 7 nitrogen and oxygen atoms in total. The fraction of sp³-hybridized carbons (Fsp3) is 0.318. The van der Waals surface area contributed by atoms with Crippen molar-refractivity contribution in [1.29, 1.82) is 0 Å². The number of aromatic nitrogens is 2. The number of carbonyl (C=O) groups excluding carboxylic acids is 1. The Kier molecular flexibility index (Phi) is 6.29. The van der Waals surface area contributed by atoms with Gasteiger partial charge in [-0.3, -0.25) is 18.7 Å². The highest BCUT2D eigenvalue weighted by molar-refractivity contribution is 5.91. The van der Waals surface area contributed by atoms with Crippen LogP contribution in [0.3, 0.4) is 0 Å². The van der Waals surface area contributed by atoms with E-state index in [1.807, 2.05) is 32.0 Å². The molecular weight excluding hydrogens is 370 g/mol. The number of hydrogen-bond acceptors (Lipinski definition) is 4. The van der Waals surface area contributed by atoms with Gasteiger partial charge in [0.1, 0.15) is 6.54 Å². The average molecular weight is 395 g/mol. The van der Waals surface area contributed by atoms with Crippen LogP contribution in [0.1, 0.15) is 17.5 Å². The van der Waals surface area contributed by atoms with Crippen molar-refractivity contribution in [3.63, 3.8) is 0 Å². The Morgan fingerprint density at radius 1 is 1.03 bits per heavy atom. The summed E-state index contributed by atoms with van der Waals surface area (Å²) in [5, 5.41) is 3.24. The van der Waals surface area contributed by atoms with Gasteiger partial charge in [-0.15, -0.1) is 0 Å². The van der Waals surface area contributed by atoms with Gasteiger partial charge < -0.3 is 10.1 Å². The van der Waals surface area contributed by atoms with Crippen LogP contribution < -0.4 is 16.6 Å². The Labute approximate surface area is 168 Å². The third-order valence-corrected chi connectivity index (χ3v) is 4.95. The number of hydrogen-bond donors (Lipinski definition) is 1. The van der Waals surface area contributed by atoms with Gasteiger partial charge in [0.15, 0.2) is 0 Å². The topological polar surface area (TPSA) is 82.3 Å². The summed E-state index contributed by atoms with van der Waals surface area (Å²) in [6.07, 6.45) is 0.527. The summed E-state index contributed by atoms with van der Waals surface area (Å²) in [5.41, 5.74) is 2.46. The first-order chi connectivity index (χ1) is 13.9. The summed E-state index contributed by atoms with van der Waals surface area (Å²) >= 11 is 0. The van der Waals surface area contributed by atoms with Crippen molar-refractivity contribution in [2.24, 2.45) is 0 Å². The Morgan fingerprint density at radius 3 is 2.52 bits per heavy atom. The Hall–Kier alpha value is -3.19. The van der Waals surface area contributed by atoms with Crippen LogP contribution in [0.15, 0.2) is 52.1 Å². The lowest BCUT2D eigenvalue weighted by Gasteiger charge is -2.14. The van der Waals surface area contributed by atoms with Gasteiger partial charge in [0.25, 0.3) is 5.56 Å². The van der Waals surface area contributed by atoms with Crippen LogP contribution in [-0.4, -0.2) is 28.8 Å². The summed E-state index contributed by atoms with van der Waals surface area (Å²) in [6, 6.07) is 12.5. The normalized spacial score (nSPS) is 11.0. The third-order valence-electron chi connectivity index (χ3n) is 4.95. The lowest BCUT2D eigenvalue weighted by atomic mass is 10.1. The van der Waals surface area contributed by atoms with Crippen molar-refractivity contribution in [1.82, 2.24) is 9.13 Å². The van der Waals surface area contributed by atoms with Crippen LogP contribution >= 0.6 is 0 Å². The molecule has 0 saturated heterocycles. The fourth-order valence-corrected chi connectivity index (χ4v) is 3.25. The Morgan fingerprint density at radius 2 is 1.79 bits per heavy atom. The molecule has 1 amide bonds. The second-order valence-corrected chi connectivity index (χ2v) is 7.04. The number of nitrogens with zero attached hydrogens (tertiary/aromatic N) is 2. The molecule has 2 aromatic carbocycles. The summed E-state index contributed by atoms with van der Waals surface area (Å²) in [4.78, 5) is 38.4. The molecule has 0 aliphatic rings. The van der Waals surface area contributed by atoms with Crippen molar-refractivity contribution in [3.05, 3.63) is 74.4 Å². The molecule has 1 aromatic heterocycles. The molecule has 3 rings (SSSR count). The van der Waals surface area contributed by atoms with E-state index in [1.54, 1.807) is 31.4 Å². The fourth-order valence-electron chi connectivity index (χ4n) is 3.25. The smallest absolute Gasteiger partial charge is 0.331 e. The predicted octanol–water partition coefficient (Wildman–Crippen LogP) is 2.46. The summed E-state index contributed by atoms with van der Waals surface area (Å²) in [6.45, 7) is 4.45. The van der Waals surface area contributed by atoms with Crippen molar-refractivity contribution in [2.45, 2.75) is 33.4 Å². The van der Waals surface area contributed by atoms with E-state index in [0.717, 1.165) is 11.1 Å². The summed E-state index contributed by atoms with van der Waals surface area (Å²) in [5.74, 6) is -0.331. The maximum absolute atomic E-state index is 13.0. The van der Waals surface area contributed by atoms with Gasteiger partial charge in [-0.2, -0.15) is 0 Å². The quantitative estimate of drug-likeness (QED) is 0.623. The van der Waals surface area contributed by atoms with Crippen molar-refractivity contribution < 1.29 is 9.53 Å². The van der Waals surface area contributed by atoms with Crippen LogP contribution in [0.4, 0.5) is 5.69 Å². The van der Waals surface area contributed by atoms with Gasteiger partial charge in [0.2, 0.25) is 5.91 Å². The van der Waals surface area contributed by atoms with Crippen LogP contribution in [0, 0.1) is 13.8 Å².